The molecule has 0 saturated heterocycles. The van der Waals surface area contributed by atoms with Gasteiger partial charge in [-0.3, -0.25) is 9.36 Å². The summed E-state index contributed by atoms with van der Waals surface area (Å²) in [6, 6.07) is 18.2. The van der Waals surface area contributed by atoms with E-state index in [9.17, 15) is 10.1 Å². The van der Waals surface area contributed by atoms with E-state index < -0.39 is 0 Å². The van der Waals surface area contributed by atoms with Crippen molar-refractivity contribution < 1.29 is 0 Å². The Bertz CT molecular complexity index is 1190. The molecular weight excluding hydrogens is 338 g/mol. The van der Waals surface area contributed by atoms with E-state index in [4.69, 9.17) is 0 Å². The first kappa shape index (κ1) is 16.4. The zero-order valence-electron chi connectivity index (χ0n) is 14.1. The van der Waals surface area contributed by atoms with Gasteiger partial charge in [-0.15, -0.1) is 0 Å². The average Bonchev–Trinajstić information content (AvgIpc) is 2.75. The molecule has 0 aliphatic rings. The second kappa shape index (κ2) is 7.02. The molecule has 0 unspecified atom stereocenters. The standard InChI is InChI=1S/C21H13N5O/c22-13-19-17(8-4-9-23-19)18-12-15(20-24-10-5-11-25-20)14-26(21(18)27)16-6-2-1-3-7-16/h1-12,14H. The van der Waals surface area contributed by atoms with Crippen LogP contribution in [0.5, 0.6) is 0 Å². The van der Waals surface area contributed by atoms with Crippen LogP contribution < -0.4 is 5.56 Å². The zero-order chi connectivity index (χ0) is 18.6. The van der Waals surface area contributed by atoms with Crippen LogP contribution in [0.4, 0.5) is 0 Å². The lowest BCUT2D eigenvalue weighted by molar-refractivity contribution is 0.988. The van der Waals surface area contributed by atoms with Crippen molar-refractivity contribution in [3.63, 3.8) is 0 Å². The highest BCUT2D eigenvalue weighted by Gasteiger charge is 2.15. The third-order valence-corrected chi connectivity index (χ3v) is 4.08. The Balaban J connectivity index is 2.04. The maximum atomic E-state index is 13.2. The van der Waals surface area contributed by atoms with E-state index in [1.165, 1.54) is 10.8 Å². The van der Waals surface area contributed by atoms with Crippen molar-refractivity contribution in [1.29, 1.82) is 5.26 Å². The Morgan fingerprint density at radius 2 is 1.59 bits per heavy atom. The molecule has 0 aliphatic carbocycles. The molecule has 1 aromatic carbocycles. The fourth-order valence-electron chi connectivity index (χ4n) is 2.84. The van der Waals surface area contributed by atoms with Gasteiger partial charge in [-0.1, -0.05) is 18.2 Å². The number of hydrogen-bond acceptors (Lipinski definition) is 5. The number of benzene rings is 1. The van der Waals surface area contributed by atoms with E-state index in [1.807, 2.05) is 36.4 Å². The molecule has 3 heterocycles. The van der Waals surface area contributed by atoms with Crippen molar-refractivity contribution in [3.8, 4) is 34.3 Å². The molecule has 6 heteroatoms. The first-order valence-electron chi connectivity index (χ1n) is 8.23. The summed E-state index contributed by atoms with van der Waals surface area (Å²) in [7, 11) is 0. The first-order valence-corrected chi connectivity index (χ1v) is 8.23. The molecule has 0 spiro atoms. The summed E-state index contributed by atoms with van der Waals surface area (Å²) in [5.74, 6) is 0.492. The summed E-state index contributed by atoms with van der Waals surface area (Å²) >= 11 is 0. The highest BCUT2D eigenvalue weighted by molar-refractivity contribution is 5.72. The van der Waals surface area contributed by atoms with E-state index in [2.05, 4.69) is 15.0 Å². The SMILES string of the molecule is N#Cc1ncccc1-c1cc(-c2ncccn2)cn(-c2ccccc2)c1=O. The van der Waals surface area contributed by atoms with Gasteiger partial charge in [0.05, 0.1) is 5.56 Å². The summed E-state index contributed by atoms with van der Waals surface area (Å²) in [4.78, 5) is 25.9. The van der Waals surface area contributed by atoms with Crippen LogP contribution in [0, 0.1) is 11.3 Å². The second-order valence-electron chi connectivity index (χ2n) is 5.74. The summed E-state index contributed by atoms with van der Waals surface area (Å²) in [6.45, 7) is 0. The highest BCUT2D eigenvalue weighted by atomic mass is 16.1. The molecule has 128 valence electrons. The summed E-state index contributed by atoms with van der Waals surface area (Å²) in [5.41, 5.74) is 2.18. The normalized spacial score (nSPS) is 10.3. The van der Waals surface area contributed by atoms with Gasteiger partial charge in [-0.05, 0) is 36.4 Å². The predicted molar refractivity (Wildman–Crippen MR) is 101 cm³/mol. The largest absolute Gasteiger partial charge is 0.283 e. The van der Waals surface area contributed by atoms with Crippen molar-refractivity contribution in [2.24, 2.45) is 0 Å². The number of pyridine rings is 2. The van der Waals surface area contributed by atoms with Crippen LogP contribution in [0.15, 0.2) is 84.2 Å². The molecule has 4 rings (SSSR count). The average molecular weight is 351 g/mol. The van der Waals surface area contributed by atoms with Crippen LogP contribution in [-0.2, 0) is 0 Å². The Hall–Kier alpha value is -4.11. The van der Waals surface area contributed by atoms with Crippen molar-refractivity contribution in [2.45, 2.75) is 0 Å². The third-order valence-electron chi connectivity index (χ3n) is 4.08. The van der Waals surface area contributed by atoms with Crippen LogP contribution in [0.1, 0.15) is 5.69 Å². The molecule has 0 atom stereocenters. The predicted octanol–water partition coefficient (Wildman–Crippen LogP) is 3.23. The van der Waals surface area contributed by atoms with E-state index in [0.717, 1.165) is 0 Å². The minimum atomic E-state index is -0.245. The highest BCUT2D eigenvalue weighted by Crippen LogP contribution is 2.24. The monoisotopic (exact) mass is 351 g/mol. The summed E-state index contributed by atoms with van der Waals surface area (Å²) in [6.07, 6.45) is 6.52. The van der Waals surface area contributed by atoms with Crippen molar-refractivity contribution in [2.75, 3.05) is 0 Å². The maximum absolute atomic E-state index is 13.2. The van der Waals surface area contributed by atoms with Crippen molar-refractivity contribution in [1.82, 2.24) is 19.5 Å². The van der Waals surface area contributed by atoms with Gasteiger partial charge in [-0.25, -0.2) is 15.0 Å². The zero-order valence-corrected chi connectivity index (χ0v) is 14.1. The number of rotatable bonds is 3. The van der Waals surface area contributed by atoms with Crippen molar-refractivity contribution in [3.05, 3.63) is 95.4 Å². The molecule has 4 aromatic rings. The number of nitriles is 1. The first-order chi connectivity index (χ1) is 13.3. The molecule has 0 amide bonds. The van der Waals surface area contributed by atoms with Crippen LogP contribution in [0.3, 0.4) is 0 Å². The van der Waals surface area contributed by atoms with Gasteiger partial charge in [0.15, 0.2) is 5.82 Å². The van der Waals surface area contributed by atoms with E-state index >= 15 is 0 Å². The lowest BCUT2D eigenvalue weighted by Gasteiger charge is -2.12. The lowest BCUT2D eigenvalue weighted by atomic mass is 10.0. The fourth-order valence-corrected chi connectivity index (χ4v) is 2.84. The van der Waals surface area contributed by atoms with Gasteiger partial charge in [0, 0.05) is 41.6 Å². The Labute approximate surface area is 155 Å². The summed E-state index contributed by atoms with van der Waals surface area (Å²) in [5, 5.41) is 9.40. The van der Waals surface area contributed by atoms with Gasteiger partial charge < -0.3 is 0 Å². The van der Waals surface area contributed by atoms with Gasteiger partial charge >= 0.3 is 0 Å². The summed E-state index contributed by atoms with van der Waals surface area (Å²) < 4.78 is 1.54. The Morgan fingerprint density at radius 3 is 2.33 bits per heavy atom. The van der Waals surface area contributed by atoms with E-state index in [1.54, 1.807) is 42.9 Å². The Morgan fingerprint density at radius 1 is 0.852 bits per heavy atom. The number of para-hydroxylation sites is 1. The minimum absolute atomic E-state index is 0.195. The third kappa shape index (κ3) is 3.10. The van der Waals surface area contributed by atoms with E-state index in [-0.39, 0.29) is 11.3 Å². The quantitative estimate of drug-likeness (QED) is 0.566. The fraction of sp³-hybridized carbons (Fsp3) is 0. The topological polar surface area (TPSA) is 84.5 Å². The van der Waals surface area contributed by atoms with Gasteiger partial charge in [0.25, 0.3) is 5.56 Å². The number of nitrogens with zero attached hydrogens (tertiary/aromatic N) is 5. The number of hydrogen-bond donors (Lipinski definition) is 0. The molecular formula is C21H13N5O. The minimum Gasteiger partial charge on any atom is -0.283 e. The molecule has 0 bridgehead atoms. The molecule has 6 nitrogen and oxygen atoms in total. The number of aromatic nitrogens is 4. The van der Waals surface area contributed by atoms with Crippen molar-refractivity contribution >= 4 is 0 Å². The molecule has 0 radical (unpaired) electrons. The lowest BCUT2D eigenvalue weighted by Crippen LogP contribution is -2.20. The van der Waals surface area contributed by atoms with E-state index in [0.29, 0.717) is 28.2 Å². The molecule has 0 N–H and O–H groups in total. The van der Waals surface area contributed by atoms with Crippen LogP contribution in [-0.4, -0.2) is 19.5 Å². The van der Waals surface area contributed by atoms with Crippen LogP contribution in [0.25, 0.3) is 28.2 Å². The van der Waals surface area contributed by atoms with Crippen LogP contribution in [0.2, 0.25) is 0 Å². The van der Waals surface area contributed by atoms with Gasteiger partial charge in [0.2, 0.25) is 0 Å². The molecule has 3 aromatic heterocycles. The van der Waals surface area contributed by atoms with Crippen LogP contribution >= 0.6 is 0 Å². The maximum Gasteiger partial charge on any atom is 0.263 e. The molecule has 0 aliphatic heterocycles. The second-order valence-corrected chi connectivity index (χ2v) is 5.74. The molecule has 0 fully saturated rings. The van der Waals surface area contributed by atoms with Gasteiger partial charge in [-0.2, -0.15) is 5.26 Å². The molecule has 0 saturated carbocycles. The Kier molecular flexibility index (Phi) is 4.25. The van der Waals surface area contributed by atoms with Gasteiger partial charge in [0.1, 0.15) is 11.8 Å². The molecule has 27 heavy (non-hydrogen) atoms. The smallest absolute Gasteiger partial charge is 0.263 e.